The molecule has 90 valence electrons. The van der Waals surface area contributed by atoms with E-state index in [0.717, 1.165) is 14.1 Å². The summed E-state index contributed by atoms with van der Waals surface area (Å²) in [7, 11) is -3.43. The fraction of sp³-hybridized carbons (Fsp3) is 0.800. The summed E-state index contributed by atoms with van der Waals surface area (Å²) in [6, 6.07) is 0. The van der Waals surface area contributed by atoms with E-state index in [2.05, 4.69) is 4.74 Å². The van der Waals surface area contributed by atoms with E-state index in [4.69, 9.17) is 9.79 Å². The van der Waals surface area contributed by atoms with Crippen LogP contribution in [-0.4, -0.2) is 46.9 Å². The quantitative estimate of drug-likeness (QED) is 0.707. The summed E-state index contributed by atoms with van der Waals surface area (Å²) in [6.45, 7) is 0. The summed E-state index contributed by atoms with van der Waals surface area (Å²) >= 11 is 0. The number of carbonyl (C=O) groups excluding carboxylic acids is 1. The maximum Gasteiger partial charge on any atom is 0.437 e. The van der Waals surface area contributed by atoms with Gasteiger partial charge >= 0.3 is 19.9 Å². The first-order chi connectivity index (χ1) is 6.46. The average molecular weight is 251 g/mol. The van der Waals surface area contributed by atoms with Crippen molar-refractivity contribution in [3.63, 3.8) is 0 Å². The summed E-state index contributed by atoms with van der Waals surface area (Å²) < 4.78 is 50.2. The first kappa shape index (κ1) is 14.2. The van der Waals surface area contributed by atoms with Crippen LogP contribution >= 0.6 is 7.60 Å². The van der Waals surface area contributed by atoms with Gasteiger partial charge < -0.3 is 19.4 Å². The van der Waals surface area contributed by atoms with Crippen LogP contribution in [-0.2, 0) is 9.30 Å². The van der Waals surface area contributed by atoms with E-state index in [-0.39, 0.29) is 0 Å². The molecule has 1 amide bonds. The minimum atomic E-state index is -5.59. The molecule has 2 N–H and O–H groups in total. The van der Waals surface area contributed by atoms with Gasteiger partial charge in [-0.15, -0.1) is 0 Å². The van der Waals surface area contributed by atoms with Crippen molar-refractivity contribution in [3.05, 3.63) is 0 Å². The molecule has 0 aliphatic heterocycles. The predicted octanol–water partition coefficient (Wildman–Crippen LogP) is 0.751. The molecule has 0 fully saturated rings. The third-order valence-corrected chi connectivity index (χ3v) is 2.17. The SMILES string of the molecule is CN(C)C(=O)O[C@@H](C(F)(F)F)P(=O)(O)O. The molecule has 0 aliphatic rings. The van der Waals surface area contributed by atoms with Gasteiger partial charge in [0.25, 0.3) is 5.85 Å². The zero-order valence-corrected chi connectivity index (χ0v) is 8.62. The molecular formula is C5H9F3NO5P. The predicted molar refractivity (Wildman–Crippen MR) is 42.1 cm³/mol. The molecule has 10 heteroatoms. The van der Waals surface area contributed by atoms with Gasteiger partial charge in [-0.25, -0.2) is 4.79 Å². The van der Waals surface area contributed by atoms with Crippen molar-refractivity contribution in [2.75, 3.05) is 14.1 Å². The molecule has 0 aromatic carbocycles. The second-order valence-corrected chi connectivity index (χ2v) is 4.41. The highest BCUT2D eigenvalue weighted by atomic mass is 31.2. The lowest BCUT2D eigenvalue weighted by Gasteiger charge is -2.22. The molecule has 0 aliphatic carbocycles. The van der Waals surface area contributed by atoms with Gasteiger partial charge in [0.2, 0.25) is 0 Å². The number of ether oxygens (including phenoxy) is 1. The van der Waals surface area contributed by atoms with Gasteiger partial charge in [-0.3, -0.25) is 4.57 Å². The Hall–Kier alpha value is -0.790. The molecule has 0 bridgehead atoms. The first-order valence-electron chi connectivity index (χ1n) is 3.46. The van der Waals surface area contributed by atoms with Gasteiger partial charge in [0, 0.05) is 14.1 Å². The van der Waals surface area contributed by atoms with Crippen LogP contribution in [0.2, 0.25) is 0 Å². The van der Waals surface area contributed by atoms with E-state index >= 15 is 0 Å². The first-order valence-corrected chi connectivity index (χ1v) is 5.14. The standard InChI is InChI=1S/C5H9F3NO5P/c1-9(2)4(10)14-3(5(6,7)8)15(11,12)13/h3H,1-2H3,(H2,11,12,13)/t3-/m1/s1. The fourth-order valence-corrected chi connectivity index (χ4v) is 1.14. The molecule has 0 unspecified atom stereocenters. The Bertz CT molecular complexity index is 285. The summed E-state index contributed by atoms with van der Waals surface area (Å²) in [5.41, 5.74) is 0. The molecule has 1 atom stereocenters. The molecule has 15 heavy (non-hydrogen) atoms. The molecule has 6 nitrogen and oxygen atoms in total. The second-order valence-electron chi connectivity index (χ2n) is 2.76. The van der Waals surface area contributed by atoms with Crippen molar-refractivity contribution in [1.82, 2.24) is 4.90 Å². The van der Waals surface area contributed by atoms with Crippen LogP contribution in [0, 0.1) is 0 Å². The van der Waals surface area contributed by atoms with Crippen molar-refractivity contribution in [2.24, 2.45) is 0 Å². The monoisotopic (exact) mass is 251 g/mol. The number of alkyl halides is 3. The van der Waals surface area contributed by atoms with Crippen molar-refractivity contribution in [2.45, 2.75) is 12.0 Å². The summed E-state index contributed by atoms with van der Waals surface area (Å²) in [5.74, 6) is -3.43. The molecule has 0 spiro atoms. The third-order valence-electron chi connectivity index (χ3n) is 1.16. The van der Waals surface area contributed by atoms with Gasteiger partial charge in [-0.2, -0.15) is 13.2 Å². The lowest BCUT2D eigenvalue weighted by molar-refractivity contribution is -0.183. The van der Waals surface area contributed by atoms with Gasteiger partial charge in [0.05, 0.1) is 0 Å². The molecule has 0 rings (SSSR count). The highest BCUT2D eigenvalue weighted by Crippen LogP contribution is 2.49. The second kappa shape index (κ2) is 4.38. The Balaban J connectivity index is 4.86. The Morgan fingerprint density at radius 1 is 1.40 bits per heavy atom. The lowest BCUT2D eigenvalue weighted by Crippen LogP contribution is -2.37. The summed E-state index contributed by atoms with van der Waals surface area (Å²) in [4.78, 5) is 28.0. The largest absolute Gasteiger partial charge is 0.437 e. The van der Waals surface area contributed by atoms with Gasteiger partial charge in [-0.1, -0.05) is 0 Å². The van der Waals surface area contributed by atoms with Gasteiger partial charge in [0.15, 0.2) is 0 Å². The van der Waals surface area contributed by atoms with E-state index in [1.54, 1.807) is 0 Å². The molecule has 0 saturated heterocycles. The minimum Gasteiger partial charge on any atom is -0.423 e. The maximum atomic E-state index is 12.1. The van der Waals surface area contributed by atoms with Crippen LogP contribution in [0.25, 0.3) is 0 Å². The van der Waals surface area contributed by atoms with E-state index in [1.165, 1.54) is 0 Å². The van der Waals surface area contributed by atoms with Crippen LogP contribution in [0.3, 0.4) is 0 Å². The molecule has 0 heterocycles. The Morgan fingerprint density at radius 3 is 2.00 bits per heavy atom. The number of carbonyl (C=O) groups is 1. The number of amides is 1. The maximum absolute atomic E-state index is 12.1. The highest BCUT2D eigenvalue weighted by Gasteiger charge is 2.54. The average Bonchev–Trinajstić information content (AvgIpc) is 1.94. The van der Waals surface area contributed by atoms with Crippen LogP contribution in [0.1, 0.15) is 0 Å². The topological polar surface area (TPSA) is 87.1 Å². The van der Waals surface area contributed by atoms with Crippen LogP contribution in [0.15, 0.2) is 0 Å². The Labute approximate surface area is 82.8 Å². The van der Waals surface area contributed by atoms with Gasteiger partial charge in [0.1, 0.15) is 0 Å². The van der Waals surface area contributed by atoms with E-state index in [0.29, 0.717) is 4.90 Å². The molecule has 0 saturated carbocycles. The van der Waals surface area contributed by atoms with Crippen LogP contribution in [0.5, 0.6) is 0 Å². The Morgan fingerprint density at radius 2 is 1.80 bits per heavy atom. The zero-order valence-electron chi connectivity index (χ0n) is 7.72. The normalized spacial score (nSPS) is 14.6. The van der Waals surface area contributed by atoms with E-state index in [1.807, 2.05) is 0 Å². The minimum absolute atomic E-state index is 0.619. The molecule has 0 aromatic rings. The van der Waals surface area contributed by atoms with Crippen LogP contribution < -0.4 is 0 Å². The van der Waals surface area contributed by atoms with E-state index in [9.17, 15) is 22.5 Å². The fourth-order valence-electron chi connectivity index (χ4n) is 0.527. The summed E-state index contributed by atoms with van der Waals surface area (Å²) in [6.07, 6.45) is -6.80. The number of halogens is 3. The zero-order chi connectivity index (χ0) is 12.4. The Kier molecular flexibility index (Phi) is 4.15. The molecule has 0 radical (unpaired) electrons. The van der Waals surface area contributed by atoms with Crippen LogP contribution in [0.4, 0.5) is 18.0 Å². The number of nitrogens with zero attached hydrogens (tertiary/aromatic N) is 1. The molecule has 0 aromatic heterocycles. The third kappa shape index (κ3) is 4.50. The highest BCUT2D eigenvalue weighted by molar-refractivity contribution is 7.52. The van der Waals surface area contributed by atoms with Crippen molar-refractivity contribution in [1.29, 1.82) is 0 Å². The summed E-state index contributed by atoms with van der Waals surface area (Å²) in [5, 5.41) is 0. The van der Waals surface area contributed by atoms with E-state index < -0.39 is 25.7 Å². The van der Waals surface area contributed by atoms with Crippen molar-refractivity contribution in [3.8, 4) is 0 Å². The number of rotatable bonds is 2. The van der Waals surface area contributed by atoms with Crippen molar-refractivity contribution >= 4 is 13.7 Å². The molecular weight excluding hydrogens is 242 g/mol. The number of hydrogen-bond acceptors (Lipinski definition) is 3. The smallest absolute Gasteiger partial charge is 0.423 e. The van der Waals surface area contributed by atoms with Gasteiger partial charge in [-0.05, 0) is 0 Å². The number of hydrogen-bond donors (Lipinski definition) is 2. The van der Waals surface area contributed by atoms with Crippen molar-refractivity contribution < 1.29 is 37.1 Å². The lowest BCUT2D eigenvalue weighted by atomic mass is 10.7.